The van der Waals surface area contributed by atoms with Crippen LogP contribution in [0.15, 0.2) is 47.4 Å². The van der Waals surface area contributed by atoms with Gasteiger partial charge in [0.25, 0.3) is 15.9 Å². The maximum absolute atomic E-state index is 13.2. The molecule has 1 amide bonds. The Morgan fingerprint density at radius 3 is 2.09 bits per heavy atom. The highest BCUT2D eigenvalue weighted by atomic mass is 32.2. The summed E-state index contributed by atoms with van der Waals surface area (Å²) in [5, 5.41) is 4.71. The van der Waals surface area contributed by atoms with E-state index in [-0.39, 0.29) is 21.4 Å². The van der Waals surface area contributed by atoms with Gasteiger partial charge in [-0.25, -0.2) is 13.1 Å². The maximum Gasteiger partial charge on any atom is 0.283 e. The summed E-state index contributed by atoms with van der Waals surface area (Å²) in [7, 11) is -4.10. The highest BCUT2D eigenvalue weighted by Gasteiger charge is 2.27. The molecule has 0 aliphatic heterocycles. The van der Waals surface area contributed by atoms with E-state index in [0.717, 1.165) is 16.7 Å². The first-order valence-electron chi connectivity index (χ1n) is 11.6. The first kappa shape index (κ1) is 26.5. The molecule has 7 nitrogen and oxygen atoms in total. The summed E-state index contributed by atoms with van der Waals surface area (Å²) < 4.78 is 29.5. The summed E-state index contributed by atoms with van der Waals surface area (Å²) >= 11 is 0. The molecule has 0 spiro atoms. The zero-order valence-corrected chi connectivity index (χ0v) is 22.7. The van der Waals surface area contributed by atoms with E-state index in [1.54, 1.807) is 16.8 Å². The Balaban J connectivity index is 2.03. The molecule has 0 atom stereocenters. The number of carbonyl (C=O) groups is 1. The van der Waals surface area contributed by atoms with Gasteiger partial charge in [-0.15, -0.1) is 0 Å². The third-order valence-electron chi connectivity index (χ3n) is 6.05. The molecular formula is C27H36N4O3S. The third-order valence-corrected chi connectivity index (χ3v) is 7.38. The molecule has 0 saturated carbocycles. The second kappa shape index (κ2) is 9.15. The van der Waals surface area contributed by atoms with Gasteiger partial charge in [-0.2, -0.15) is 5.10 Å². The zero-order chi connectivity index (χ0) is 26.3. The number of rotatable bonds is 5. The Hall–Kier alpha value is -3.13. The number of hydrogen-bond acceptors (Lipinski definition) is 5. The van der Waals surface area contributed by atoms with Crippen molar-refractivity contribution in [2.45, 2.75) is 77.7 Å². The quantitative estimate of drug-likeness (QED) is 0.491. The molecule has 0 fully saturated rings. The van der Waals surface area contributed by atoms with Crippen molar-refractivity contribution in [1.82, 2.24) is 14.5 Å². The third kappa shape index (κ3) is 5.93. The Labute approximate surface area is 208 Å². The van der Waals surface area contributed by atoms with E-state index < -0.39 is 15.9 Å². The number of anilines is 1. The molecule has 2 aromatic carbocycles. The number of aryl methyl sites for hydroxylation is 2. The SMILES string of the molecule is Cc1cc(C(C)(C)C)cc(C)c1Cn1nc(C(C)(C)C)cc1C(=O)NS(=O)(=O)c1cccc(N)c1. The maximum atomic E-state index is 13.2. The van der Waals surface area contributed by atoms with Crippen LogP contribution < -0.4 is 10.5 Å². The molecule has 0 saturated heterocycles. The van der Waals surface area contributed by atoms with Crippen LogP contribution in [0.4, 0.5) is 5.69 Å². The van der Waals surface area contributed by atoms with Crippen molar-refractivity contribution >= 4 is 21.6 Å². The van der Waals surface area contributed by atoms with Crippen molar-refractivity contribution in [2.75, 3.05) is 5.73 Å². The molecule has 35 heavy (non-hydrogen) atoms. The lowest BCUT2D eigenvalue weighted by Gasteiger charge is -2.22. The molecule has 1 heterocycles. The van der Waals surface area contributed by atoms with Crippen LogP contribution in [0.2, 0.25) is 0 Å². The van der Waals surface area contributed by atoms with E-state index in [4.69, 9.17) is 10.8 Å². The summed E-state index contributed by atoms with van der Waals surface area (Å²) in [5.41, 5.74) is 11.1. The smallest absolute Gasteiger partial charge is 0.283 e. The summed E-state index contributed by atoms with van der Waals surface area (Å²) in [6.07, 6.45) is 0. The fourth-order valence-electron chi connectivity index (χ4n) is 3.83. The standard InChI is InChI=1S/C27H36N4O3S/c1-17-12-19(26(3,4)5)13-18(2)22(17)16-31-23(15-24(29-31)27(6,7)8)25(32)30-35(33,34)21-11-9-10-20(28)14-21/h9-15H,16,28H2,1-8H3,(H,30,32). The fourth-order valence-corrected chi connectivity index (χ4v) is 4.84. The van der Waals surface area contributed by atoms with E-state index in [0.29, 0.717) is 17.9 Å². The van der Waals surface area contributed by atoms with Crippen LogP contribution in [0.1, 0.15) is 80.0 Å². The van der Waals surface area contributed by atoms with Crippen LogP contribution in [0.3, 0.4) is 0 Å². The normalized spacial score (nSPS) is 12.6. The molecule has 0 bridgehead atoms. The Bertz CT molecular complexity index is 1350. The number of nitrogens with zero attached hydrogens (tertiary/aromatic N) is 2. The molecule has 3 N–H and O–H groups in total. The van der Waals surface area contributed by atoms with Gasteiger partial charge in [0.15, 0.2) is 0 Å². The minimum atomic E-state index is -4.10. The molecule has 0 aliphatic carbocycles. The monoisotopic (exact) mass is 496 g/mol. The molecule has 3 rings (SSSR count). The predicted molar refractivity (Wildman–Crippen MR) is 140 cm³/mol. The highest BCUT2D eigenvalue weighted by molar-refractivity contribution is 7.90. The average molecular weight is 497 g/mol. The van der Waals surface area contributed by atoms with Crippen molar-refractivity contribution in [1.29, 1.82) is 0 Å². The molecule has 0 radical (unpaired) electrons. The van der Waals surface area contributed by atoms with Gasteiger partial charge in [0.05, 0.1) is 17.1 Å². The van der Waals surface area contributed by atoms with Crippen LogP contribution in [-0.4, -0.2) is 24.1 Å². The number of amides is 1. The minimum absolute atomic E-state index is 0.0133. The molecule has 3 aromatic rings. The Morgan fingerprint density at radius 1 is 0.971 bits per heavy atom. The summed E-state index contributed by atoms with van der Waals surface area (Å²) in [5.74, 6) is -0.739. The van der Waals surface area contributed by atoms with E-state index >= 15 is 0 Å². The molecule has 0 unspecified atom stereocenters. The van der Waals surface area contributed by atoms with Crippen molar-refractivity contribution < 1.29 is 13.2 Å². The molecule has 0 aliphatic rings. The second-order valence-electron chi connectivity index (χ2n) is 11.2. The largest absolute Gasteiger partial charge is 0.399 e. The first-order valence-corrected chi connectivity index (χ1v) is 13.1. The lowest BCUT2D eigenvalue weighted by molar-refractivity contribution is 0.0971. The number of sulfonamides is 1. The lowest BCUT2D eigenvalue weighted by Crippen LogP contribution is -2.32. The molecule has 188 valence electrons. The van der Waals surface area contributed by atoms with E-state index in [1.807, 2.05) is 20.8 Å². The lowest BCUT2D eigenvalue weighted by atomic mass is 9.84. The first-order chi connectivity index (χ1) is 16.0. The summed E-state index contributed by atoms with van der Waals surface area (Å²) in [4.78, 5) is 13.2. The topological polar surface area (TPSA) is 107 Å². The second-order valence-corrected chi connectivity index (χ2v) is 12.9. The van der Waals surface area contributed by atoms with Gasteiger partial charge < -0.3 is 5.73 Å². The van der Waals surface area contributed by atoms with Crippen LogP contribution >= 0.6 is 0 Å². The van der Waals surface area contributed by atoms with Gasteiger partial charge in [-0.1, -0.05) is 59.7 Å². The van der Waals surface area contributed by atoms with Crippen molar-refractivity contribution in [3.05, 3.63) is 76.1 Å². The van der Waals surface area contributed by atoms with Crippen molar-refractivity contribution in [3.8, 4) is 0 Å². The average Bonchev–Trinajstić information content (AvgIpc) is 3.14. The molecule has 1 aromatic heterocycles. The van der Waals surface area contributed by atoms with Gasteiger partial charge in [0.1, 0.15) is 5.69 Å². The Kier molecular flexibility index (Phi) is 6.92. The van der Waals surface area contributed by atoms with Gasteiger partial charge in [-0.05, 0) is 65.8 Å². The minimum Gasteiger partial charge on any atom is -0.399 e. The highest BCUT2D eigenvalue weighted by Crippen LogP contribution is 2.28. The number of carbonyl (C=O) groups excluding carboxylic acids is 1. The number of aromatic nitrogens is 2. The van der Waals surface area contributed by atoms with Crippen molar-refractivity contribution in [2.24, 2.45) is 0 Å². The van der Waals surface area contributed by atoms with Gasteiger partial charge in [0, 0.05) is 11.1 Å². The number of nitrogens with one attached hydrogen (secondary N) is 1. The fraction of sp³-hybridized carbons (Fsp3) is 0.407. The van der Waals surface area contributed by atoms with Gasteiger partial charge in [0.2, 0.25) is 0 Å². The number of nitrogens with two attached hydrogens (primary N) is 1. The van der Waals surface area contributed by atoms with Crippen LogP contribution in [0, 0.1) is 13.8 Å². The van der Waals surface area contributed by atoms with Crippen LogP contribution in [0.25, 0.3) is 0 Å². The van der Waals surface area contributed by atoms with Crippen molar-refractivity contribution in [3.63, 3.8) is 0 Å². The van der Waals surface area contributed by atoms with E-state index in [1.165, 1.54) is 23.8 Å². The molecular weight excluding hydrogens is 460 g/mol. The van der Waals surface area contributed by atoms with Gasteiger partial charge in [-0.3, -0.25) is 9.48 Å². The van der Waals surface area contributed by atoms with Crippen LogP contribution in [-0.2, 0) is 27.4 Å². The molecule has 8 heteroatoms. The van der Waals surface area contributed by atoms with E-state index in [2.05, 4.69) is 51.5 Å². The zero-order valence-electron chi connectivity index (χ0n) is 21.9. The number of nitrogen functional groups attached to an aromatic ring is 1. The van der Waals surface area contributed by atoms with E-state index in [9.17, 15) is 13.2 Å². The summed E-state index contributed by atoms with van der Waals surface area (Å²) in [6.45, 7) is 17.0. The number of benzene rings is 2. The van der Waals surface area contributed by atoms with Crippen LogP contribution in [0.5, 0.6) is 0 Å². The number of hydrogen-bond donors (Lipinski definition) is 2. The van der Waals surface area contributed by atoms with Gasteiger partial charge >= 0.3 is 0 Å². The summed E-state index contributed by atoms with van der Waals surface area (Å²) in [6, 6.07) is 11.8. The Morgan fingerprint density at radius 2 is 1.57 bits per heavy atom. The predicted octanol–water partition coefficient (Wildman–Crippen LogP) is 4.84.